The van der Waals surface area contributed by atoms with Gasteiger partial charge in [0.25, 0.3) is 11.8 Å². The molecule has 0 bridgehead atoms. The second-order valence-electron chi connectivity index (χ2n) is 8.59. The highest BCUT2D eigenvalue weighted by molar-refractivity contribution is 6.06. The van der Waals surface area contributed by atoms with Gasteiger partial charge in [-0.2, -0.15) is 0 Å². The minimum atomic E-state index is -0.679. The van der Waals surface area contributed by atoms with E-state index in [1.54, 1.807) is 17.0 Å². The van der Waals surface area contributed by atoms with Gasteiger partial charge in [0, 0.05) is 19.2 Å². The number of amides is 3. The molecule has 7 nitrogen and oxygen atoms in total. The summed E-state index contributed by atoms with van der Waals surface area (Å²) in [5, 5.41) is 0. The number of imide groups is 1. The Hall–Kier alpha value is -4.23. The van der Waals surface area contributed by atoms with Gasteiger partial charge in [0.15, 0.2) is 0 Å². The zero-order chi connectivity index (χ0) is 24.9. The van der Waals surface area contributed by atoms with Crippen LogP contribution in [-0.2, 0) is 14.3 Å². The topological polar surface area (TPSA) is 76.2 Å². The van der Waals surface area contributed by atoms with Crippen molar-refractivity contribution in [3.8, 4) is 11.1 Å². The minimum absolute atomic E-state index is 0.104. The van der Waals surface area contributed by atoms with E-state index in [1.165, 1.54) is 6.08 Å². The predicted molar refractivity (Wildman–Crippen MR) is 135 cm³/mol. The molecule has 0 N–H and O–H groups in total. The van der Waals surface area contributed by atoms with E-state index in [-0.39, 0.29) is 12.5 Å². The number of carbonyl (C=O) groups is 3. The molecule has 1 atom stereocenters. The Morgan fingerprint density at radius 2 is 1.56 bits per heavy atom. The van der Waals surface area contributed by atoms with Crippen LogP contribution in [0.25, 0.3) is 17.2 Å². The smallest absolute Gasteiger partial charge is 0.417 e. The lowest BCUT2D eigenvalue weighted by molar-refractivity contribution is -0.124. The molecule has 2 fully saturated rings. The zero-order valence-electron chi connectivity index (χ0n) is 19.7. The normalized spacial score (nSPS) is 17.9. The molecule has 0 spiro atoms. The molecule has 2 aliphatic heterocycles. The van der Waals surface area contributed by atoms with Gasteiger partial charge in [0.2, 0.25) is 0 Å². The monoisotopic (exact) mass is 482 g/mol. The molecule has 2 saturated heterocycles. The van der Waals surface area contributed by atoms with Crippen LogP contribution in [0.2, 0.25) is 0 Å². The van der Waals surface area contributed by atoms with Crippen molar-refractivity contribution in [3.05, 3.63) is 102 Å². The average Bonchev–Trinajstić information content (AvgIpc) is 3.34. The summed E-state index contributed by atoms with van der Waals surface area (Å²) in [5.74, 6) is -0.617. The number of hydrogen-bond donors (Lipinski definition) is 0. The lowest BCUT2D eigenvalue weighted by Gasteiger charge is -2.28. The van der Waals surface area contributed by atoms with Crippen molar-refractivity contribution in [1.82, 2.24) is 9.80 Å². The van der Waals surface area contributed by atoms with E-state index in [0.29, 0.717) is 37.4 Å². The molecule has 3 amide bonds. The largest absolute Gasteiger partial charge is 0.446 e. The number of nitrogens with zero attached hydrogens (tertiary/aromatic N) is 2. The standard InChI is InChI=1S/C29H26N2O5/c32-26(31-25(20-36-29(31)34)22-10-5-2-6-11-22)15-14-23-12-7-13-24(21-8-3-1-4-9-21)27(23)28(33)30-16-18-35-19-17-30/h1-15,25H,16-20H2. The lowest BCUT2D eigenvalue weighted by Crippen LogP contribution is -2.41. The van der Waals surface area contributed by atoms with Gasteiger partial charge in [-0.25, -0.2) is 9.69 Å². The Balaban J connectivity index is 1.49. The summed E-state index contributed by atoms with van der Waals surface area (Å²) in [6.07, 6.45) is 2.26. The van der Waals surface area contributed by atoms with Crippen LogP contribution in [-0.4, -0.2) is 60.6 Å². The van der Waals surface area contributed by atoms with Crippen LogP contribution in [0.15, 0.2) is 84.9 Å². The Morgan fingerprint density at radius 1 is 0.861 bits per heavy atom. The van der Waals surface area contributed by atoms with Gasteiger partial charge in [-0.15, -0.1) is 0 Å². The first-order valence-corrected chi connectivity index (χ1v) is 11.9. The second-order valence-corrected chi connectivity index (χ2v) is 8.59. The molecule has 2 aliphatic rings. The number of cyclic esters (lactones) is 1. The highest BCUT2D eigenvalue weighted by Gasteiger charge is 2.37. The summed E-state index contributed by atoms with van der Waals surface area (Å²) < 4.78 is 10.6. The Labute approximate surface area is 209 Å². The van der Waals surface area contributed by atoms with Crippen LogP contribution >= 0.6 is 0 Å². The van der Waals surface area contributed by atoms with E-state index >= 15 is 0 Å². The number of ether oxygens (including phenoxy) is 2. The van der Waals surface area contributed by atoms with E-state index < -0.39 is 18.0 Å². The highest BCUT2D eigenvalue weighted by Crippen LogP contribution is 2.30. The number of benzene rings is 3. The molecule has 0 radical (unpaired) electrons. The number of morpholine rings is 1. The van der Waals surface area contributed by atoms with E-state index in [0.717, 1.165) is 21.6 Å². The van der Waals surface area contributed by atoms with Gasteiger partial charge in [-0.1, -0.05) is 78.9 Å². The van der Waals surface area contributed by atoms with Crippen molar-refractivity contribution in [2.45, 2.75) is 6.04 Å². The summed E-state index contributed by atoms with van der Waals surface area (Å²) in [4.78, 5) is 42.1. The summed E-state index contributed by atoms with van der Waals surface area (Å²) in [7, 11) is 0. The first kappa shape index (κ1) is 23.5. The molecule has 0 aromatic heterocycles. The van der Waals surface area contributed by atoms with Gasteiger partial charge >= 0.3 is 6.09 Å². The van der Waals surface area contributed by atoms with Crippen LogP contribution in [0.3, 0.4) is 0 Å². The molecule has 1 unspecified atom stereocenters. The molecule has 0 saturated carbocycles. The molecule has 0 aliphatic carbocycles. The van der Waals surface area contributed by atoms with Crippen LogP contribution in [0, 0.1) is 0 Å². The van der Waals surface area contributed by atoms with Gasteiger partial charge in [0.1, 0.15) is 12.6 Å². The molecular formula is C29H26N2O5. The number of hydrogen-bond acceptors (Lipinski definition) is 5. The maximum Gasteiger partial charge on any atom is 0.417 e. The SMILES string of the molecule is O=C(c1c(C=CC(=O)N2C(=O)OCC2c2ccccc2)cccc1-c1ccccc1)N1CCOCC1. The zero-order valence-corrected chi connectivity index (χ0v) is 19.7. The summed E-state index contributed by atoms with van der Waals surface area (Å²) in [6.45, 7) is 2.08. The number of rotatable bonds is 5. The van der Waals surface area contributed by atoms with Crippen LogP contribution in [0.1, 0.15) is 27.5 Å². The highest BCUT2D eigenvalue weighted by atomic mass is 16.6. The Bertz CT molecular complexity index is 1280. The lowest BCUT2D eigenvalue weighted by atomic mass is 9.94. The van der Waals surface area contributed by atoms with Crippen LogP contribution in [0.4, 0.5) is 4.79 Å². The fourth-order valence-corrected chi connectivity index (χ4v) is 4.56. The molecular weight excluding hydrogens is 456 g/mol. The van der Waals surface area contributed by atoms with Gasteiger partial charge < -0.3 is 14.4 Å². The van der Waals surface area contributed by atoms with Crippen LogP contribution < -0.4 is 0 Å². The van der Waals surface area contributed by atoms with E-state index in [4.69, 9.17) is 9.47 Å². The van der Waals surface area contributed by atoms with Gasteiger partial charge in [0.05, 0.1) is 18.8 Å². The third-order valence-electron chi connectivity index (χ3n) is 6.39. The minimum Gasteiger partial charge on any atom is -0.446 e. The van der Waals surface area contributed by atoms with E-state index in [9.17, 15) is 14.4 Å². The van der Waals surface area contributed by atoms with Crippen LogP contribution in [0.5, 0.6) is 0 Å². The third-order valence-corrected chi connectivity index (χ3v) is 6.39. The van der Waals surface area contributed by atoms with Crippen molar-refractivity contribution < 1.29 is 23.9 Å². The molecule has 3 aromatic rings. The fourth-order valence-electron chi connectivity index (χ4n) is 4.56. The van der Waals surface area contributed by atoms with Crippen molar-refractivity contribution in [3.63, 3.8) is 0 Å². The summed E-state index contributed by atoms with van der Waals surface area (Å²) in [6, 6.07) is 24.1. The van der Waals surface area contributed by atoms with Gasteiger partial charge in [-0.05, 0) is 28.3 Å². The maximum atomic E-state index is 13.7. The Morgan fingerprint density at radius 3 is 2.28 bits per heavy atom. The van der Waals surface area contributed by atoms with E-state index in [2.05, 4.69) is 0 Å². The first-order chi connectivity index (χ1) is 17.6. The first-order valence-electron chi connectivity index (χ1n) is 11.9. The summed E-state index contributed by atoms with van der Waals surface area (Å²) in [5.41, 5.74) is 3.62. The number of carbonyl (C=O) groups excluding carboxylic acids is 3. The summed E-state index contributed by atoms with van der Waals surface area (Å²) >= 11 is 0. The average molecular weight is 483 g/mol. The van der Waals surface area contributed by atoms with Crippen molar-refractivity contribution >= 4 is 24.0 Å². The molecule has 7 heteroatoms. The molecule has 36 heavy (non-hydrogen) atoms. The second kappa shape index (κ2) is 10.6. The van der Waals surface area contributed by atoms with Crippen molar-refractivity contribution in [1.29, 1.82) is 0 Å². The van der Waals surface area contributed by atoms with E-state index in [1.807, 2.05) is 72.8 Å². The maximum absolute atomic E-state index is 13.7. The predicted octanol–water partition coefficient (Wildman–Crippen LogP) is 4.56. The molecule has 2 heterocycles. The quantitative estimate of drug-likeness (QED) is 0.499. The van der Waals surface area contributed by atoms with Gasteiger partial charge in [-0.3, -0.25) is 9.59 Å². The van der Waals surface area contributed by atoms with Crippen molar-refractivity contribution in [2.75, 3.05) is 32.9 Å². The molecule has 5 rings (SSSR count). The molecule has 182 valence electrons. The molecule has 3 aromatic carbocycles. The third kappa shape index (κ3) is 4.78. The Kier molecular flexibility index (Phi) is 6.91. The van der Waals surface area contributed by atoms with Crippen molar-refractivity contribution in [2.24, 2.45) is 0 Å². The fraction of sp³-hybridized carbons (Fsp3) is 0.207.